The molecule has 1 N–H and O–H groups in total. The summed E-state index contributed by atoms with van der Waals surface area (Å²) in [6.07, 6.45) is 8.95. The minimum atomic E-state index is -0.421. The highest BCUT2D eigenvalue weighted by Crippen LogP contribution is 2.32. The van der Waals surface area contributed by atoms with Gasteiger partial charge in [-0.25, -0.2) is 0 Å². The number of methoxy groups -OCH3 is 1. The maximum absolute atomic E-state index is 10.5. The Morgan fingerprint density at radius 1 is 1.12 bits per heavy atom. The normalized spacial score (nSPS) is 20.0. The molecule has 0 heterocycles. The van der Waals surface area contributed by atoms with Crippen LogP contribution in [0.1, 0.15) is 50.5 Å². The van der Waals surface area contributed by atoms with Crippen LogP contribution in [0.15, 0.2) is 24.3 Å². The van der Waals surface area contributed by atoms with Gasteiger partial charge in [-0.05, 0) is 37.7 Å². The summed E-state index contributed by atoms with van der Waals surface area (Å²) in [6, 6.07) is 8.55. The number of benzene rings is 1. The number of para-hydroxylation sites is 1. The maximum atomic E-state index is 10.5. The molecule has 2 aliphatic carbocycles. The summed E-state index contributed by atoms with van der Waals surface area (Å²) in [4.78, 5) is 2.55. The highest BCUT2D eigenvalue weighted by molar-refractivity contribution is 5.32. The molecule has 2 saturated carbocycles. The number of hydrogen-bond donors (Lipinski definition) is 1. The van der Waals surface area contributed by atoms with Crippen LogP contribution in [-0.2, 0) is 11.3 Å². The van der Waals surface area contributed by atoms with Crippen LogP contribution in [-0.4, -0.2) is 49.0 Å². The topological polar surface area (TPSA) is 41.9 Å². The fourth-order valence-corrected chi connectivity index (χ4v) is 3.90. The molecule has 0 amide bonds. The monoisotopic (exact) mass is 347 g/mol. The van der Waals surface area contributed by atoms with Crippen LogP contribution >= 0.6 is 0 Å². The van der Waals surface area contributed by atoms with Gasteiger partial charge in [0.05, 0.1) is 26.4 Å². The summed E-state index contributed by atoms with van der Waals surface area (Å²) in [5.74, 6) is 1.71. The van der Waals surface area contributed by atoms with Gasteiger partial charge in [0, 0.05) is 24.7 Å². The van der Waals surface area contributed by atoms with Crippen molar-refractivity contribution in [2.45, 2.75) is 63.7 Å². The third-order valence-electron chi connectivity index (χ3n) is 5.49. The first-order chi connectivity index (χ1) is 12.3. The Bertz CT molecular complexity index is 512. The van der Waals surface area contributed by atoms with Crippen LogP contribution in [0.3, 0.4) is 0 Å². The molecular weight excluding hydrogens is 314 g/mol. The van der Waals surface area contributed by atoms with E-state index in [1.165, 1.54) is 44.9 Å². The average molecular weight is 347 g/mol. The van der Waals surface area contributed by atoms with E-state index in [0.29, 0.717) is 19.3 Å². The van der Waals surface area contributed by atoms with Crippen molar-refractivity contribution in [2.24, 2.45) is 5.92 Å². The van der Waals surface area contributed by atoms with Crippen molar-refractivity contribution in [2.75, 3.05) is 26.8 Å². The van der Waals surface area contributed by atoms with E-state index < -0.39 is 6.10 Å². The van der Waals surface area contributed by atoms with Crippen molar-refractivity contribution in [1.82, 2.24) is 4.90 Å². The second kappa shape index (κ2) is 9.56. The minimum absolute atomic E-state index is 0.381. The second-order valence-corrected chi connectivity index (χ2v) is 7.67. The van der Waals surface area contributed by atoms with Gasteiger partial charge in [0.2, 0.25) is 0 Å². The number of aliphatic hydroxyl groups is 1. The van der Waals surface area contributed by atoms with Gasteiger partial charge in [-0.1, -0.05) is 37.5 Å². The number of hydrogen-bond acceptors (Lipinski definition) is 4. The van der Waals surface area contributed by atoms with Crippen LogP contribution in [0.25, 0.3) is 0 Å². The summed E-state index contributed by atoms with van der Waals surface area (Å²) in [7, 11) is 1.67. The second-order valence-electron chi connectivity index (χ2n) is 7.67. The smallest absolute Gasteiger partial charge is 0.124 e. The molecule has 0 radical (unpaired) electrons. The van der Waals surface area contributed by atoms with Gasteiger partial charge in [0.25, 0.3) is 0 Å². The van der Waals surface area contributed by atoms with Gasteiger partial charge in [-0.15, -0.1) is 0 Å². The fraction of sp³-hybridized carbons (Fsp3) is 0.714. The largest absolute Gasteiger partial charge is 0.496 e. The van der Waals surface area contributed by atoms with E-state index in [0.717, 1.165) is 30.3 Å². The van der Waals surface area contributed by atoms with E-state index in [-0.39, 0.29) is 0 Å². The molecule has 1 unspecified atom stereocenters. The lowest BCUT2D eigenvalue weighted by Crippen LogP contribution is -2.43. The van der Waals surface area contributed by atoms with Gasteiger partial charge in [0.15, 0.2) is 0 Å². The van der Waals surface area contributed by atoms with Crippen molar-refractivity contribution in [3.05, 3.63) is 29.8 Å². The summed E-state index contributed by atoms with van der Waals surface area (Å²) < 4.78 is 11.1. The van der Waals surface area contributed by atoms with Gasteiger partial charge >= 0.3 is 0 Å². The highest BCUT2D eigenvalue weighted by atomic mass is 16.5. The van der Waals surface area contributed by atoms with Crippen LogP contribution in [0.5, 0.6) is 5.75 Å². The zero-order valence-electron chi connectivity index (χ0n) is 15.5. The van der Waals surface area contributed by atoms with E-state index in [1.807, 2.05) is 24.3 Å². The molecule has 3 rings (SSSR count). The molecule has 2 fully saturated rings. The number of ether oxygens (including phenoxy) is 2. The molecule has 1 aromatic rings. The van der Waals surface area contributed by atoms with Crippen molar-refractivity contribution in [3.8, 4) is 5.75 Å². The number of aliphatic hydroxyl groups excluding tert-OH is 1. The third-order valence-corrected chi connectivity index (χ3v) is 5.49. The molecule has 4 heteroatoms. The SMILES string of the molecule is COc1ccccc1COCC(O)CN(CC1CC1)C1CCCCC1. The summed E-state index contributed by atoms with van der Waals surface area (Å²) in [5, 5.41) is 10.5. The van der Waals surface area contributed by atoms with E-state index in [1.54, 1.807) is 7.11 Å². The van der Waals surface area contributed by atoms with E-state index in [4.69, 9.17) is 9.47 Å². The molecule has 1 aromatic carbocycles. The quantitative estimate of drug-likeness (QED) is 0.702. The molecule has 0 saturated heterocycles. The Balaban J connectivity index is 1.45. The van der Waals surface area contributed by atoms with Crippen molar-refractivity contribution in [3.63, 3.8) is 0 Å². The van der Waals surface area contributed by atoms with Crippen LogP contribution in [0.2, 0.25) is 0 Å². The molecule has 0 spiro atoms. The lowest BCUT2D eigenvalue weighted by molar-refractivity contribution is -0.00268. The summed E-state index contributed by atoms with van der Waals surface area (Å²) in [6.45, 7) is 2.76. The lowest BCUT2D eigenvalue weighted by atomic mass is 9.93. The predicted octanol–water partition coefficient (Wildman–Crippen LogP) is 3.62. The van der Waals surface area contributed by atoms with Crippen LogP contribution < -0.4 is 4.74 Å². The van der Waals surface area contributed by atoms with E-state index in [2.05, 4.69) is 4.90 Å². The van der Waals surface area contributed by atoms with E-state index >= 15 is 0 Å². The number of nitrogens with zero attached hydrogens (tertiary/aromatic N) is 1. The molecule has 0 aromatic heterocycles. The fourth-order valence-electron chi connectivity index (χ4n) is 3.90. The van der Waals surface area contributed by atoms with Crippen LogP contribution in [0.4, 0.5) is 0 Å². The Labute approximate surface area is 152 Å². The Morgan fingerprint density at radius 2 is 1.88 bits per heavy atom. The Kier molecular flexibility index (Phi) is 7.14. The molecule has 25 heavy (non-hydrogen) atoms. The predicted molar refractivity (Wildman–Crippen MR) is 99.8 cm³/mol. The molecule has 1 atom stereocenters. The maximum Gasteiger partial charge on any atom is 0.124 e. The zero-order chi connectivity index (χ0) is 17.5. The first-order valence-electron chi connectivity index (χ1n) is 9.88. The third kappa shape index (κ3) is 5.98. The average Bonchev–Trinajstić information content (AvgIpc) is 3.46. The van der Waals surface area contributed by atoms with Crippen molar-refractivity contribution in [1.29, 1.82) is 0 Å². The first-order valence-corrected chi connectivity index (χ1v) is 9.88. The van der Waals surface area contributed by atoms with Gasteiger partial charge in [-0.3, -0.25) is 4.90 Å². The Hall–Kier alpha value is -1.10. The van der Waals surface area contributed by atoms with Crippen molar-refractivity contribution < 1.29 is 14.6 Å². The lowest BCUT2D eigenvalue weighted by Gasteiger charge is -2.35. The van der Waals surface area contributed by atoms with Gasteiger partial charge in [0.1, 0.15) is 5.75 Å². The molecule has 140 valence electrons. The van der Waals surface area contributed by atoms with Gasteiger partial charge in [-0.2, -0.15) is 0 Å². The van der Waals surface area contributed by atoms with E-state index in [9.17, 15) is 5.11 Å². The van der Waals surface area contributed by atoms with Crippen molar-refractivity contribution >= 4 is 0 Å². The number of rotatable bonds is 10. The molecule has 4 nitrogen and oxygen atoms in total. The Morgan fingerprint density at radius 3 is 2.60 bits per heavy atom. The zero-order valence-corrected chi connectivity index (χ0v) is 15.5. The summed E-state index contributed by atoms with van der Waals surface area (Å²) >= 11 is 0. The molecule has 0 aliphatic heterocycles. The molecular formula is C21H33NO3. The standard InChI is InChI=1S/C21H33NO3/c1-24-21-10-6-5-7-18(21)15-25-16-20(23)14-22(13-17-11-12-17)19-8-3-2-4-9-19/h5-7,10,17,19-20,23H,2-4,8-9,11-16H2,1H3. The molecule has 0 bridgehead atoms. The van der Waals surface area contributed by atoms with Gasteiger partial charge < -0.3 is 14.6 Å². The first kappa shape index (κ1) is 18.7. The minimum Gasteiger partial charge on any atom is -0.496 e. The van der Waals surface area contributed by atoms with Crippen LogP contribution in [0, 0.1) is 5.92 Å². The summed E-state index contributed by atoms with van der Waals surface area (Å²) in [5.41, 5.74) is 1.03. The highest BCUT2D eigenvalue weighted by Gasteiger charge is 2.30. The molecule has 2 aliphatic rings.